The van der Waals surface area contributed by atoms with Crippen LogP contribution in [0.3, 0.4) is 0 Å². The zero-order chi connectivity index (χ0) is 35.6. The highest BCUT2D eigenvalue weighted by atomic mass is 28.4. The second kappa shape index (κ2) is 14.9. The van der Waals surface area contributed by atoms with Gasteiger partial charge in [-0.25, -0.2) is 4.39 Å². The molecule has 0 aliphatic carbocycles. The maximum absolute atomic E-state index is 16.0. The summed E-state index contributed by atoms with van der Waals surface area (Å²) in [6, 6.07) is 23.9. The molecule has 10 heteroatoms. The first-order chi connectivity index (χ1) is 23.9. The van der Waals surface area contributed by atoms with Crippen molar-refractivity contribution in [2.45, 2.75) is 101 Å². The van der Waals surface area contributed by atoms with Gasteiger partial charge in [-0.3, -0.25) is 9.69 Å². The number of likely N-dealkylation sites (tertiary alicyclic amines) is 1. The second-order valence-corrected chi connectivity index (χ2v) is 20.5. The fourth-order valence-corrected chi connectivity index (χ4v) is 13.6. The Kier molecular flexibility index (Phi) is 10.9. The number of methoxy groups -OCH3 is 1. The van der Waals surface area contributed by atoms with Gasteiger partial charge in [-0.1, -0.05) is 95.3 Å². The van der Waals surface area contributed by atoms with E-state index in [0.29, 0.717) is 37.7 Å². The number of ether oxygens (including phenoxy) is 2. The van der Waals surface area contributed by atoms with Gasteiger partial charge in [0, 0.05) is 37.3 Å². The van der Waals surface area contributed by atoms with Crippen molar-refractivity contribution in [2.24, 2.45) is 5.92 Å². The van der Waals surface area contributed by atoms with E-state index in [1.165, 1.54) is 23.9 Å². The molecule has 2 aromatic carbocycles. The number of halogens is 1. The van der Waals surface area contributed by atoms with E-state index in [1.807, 2.05) is 13.8 Å². The van der Waals surface area contributed by atoms with Crippen LogP contribution in [-0.4, -0.2) is 93.0 Å². The summed E-state index contributed by atoms with van der Waals surface area (Å²) in [5, 5.41) is 6.55. The molecular weight excluding hydrogens is 650 g/mol. The van der Waals surface area contributed by atoms with Crippen molar-refractivity contribution >= 4 is 24.7 Å². The first kappa shape index (κ1) is 36.7. The van der Waals surface area contributed by atoms with Gasteiger partial charge >= 0.3 is 5.97 Å². The highest BCUT2D eigenvalue weighted by Gasteiger charge is 2.55. The molecule has 0 N–H and O–H groups in total. The van der Waals surface area contributed by atoms with Gasteiger partial charge in [-0.2, -0.15) is 0 Å². The molecule has 3 atom stereocenters. The molecule has 1 aromatic heterocycles. The molecule has 4 heterocycles. The zero-order valence-electron chi connectivity index (χ0n) is 30.8. The average Bonchev–Trinajstić information content (AvgIpc) is 3.82. The first-order valence-electron chi connectivity index (χ1n) is 18.5. The third-order valence-corrected chi connectivity index (χ3v) is 16.6. The van der Waals surface area contributed by atoms with Crippen molar-refractivity contribution in [1.29, 1.82) is 0 Å². The molecule has 1 unspecified atom stereocenters. The van der Waals surface area contributed by atoms with Crippen molar-refractivity contribution in [3.8, 4) is 5.88 Å². The molecule has 3 fully saturated rings. The topological polar surface area (TPSA) is 77.3 Å². The molecule has 272 valence electrons. The lowest BCUT2D eigenvalue weighted by molar-refractivity contribution is -0.144. The number of rotatable bonds is 13. The van der Waals surface area contributed by atoms with Gasteiger partial charge in [0.1, 0.15) is 18.2 Å². The molecular formula is C40H56FN3O5Si. The van der Waals surface area contributed by atoms with E-state index in [0.717, 1.165) is 39.0 Å². The number of hydrogen-bond donors (Lipinski definition) is 0. The largest absolute Gasteiger partial charge is 0.472 e. The van der Waals surface area contributed by atoms with Gasteiger partial charge in [0.05, 0.1) is 13.7 Å². The van der Waals surface area contributed by atoms with Crippen molar-refractivity contribution in [2.75, 3.05) is 46.5 Å². The molecule has 3 saturated heterocycles. The van der Waals surface area contributed by atoms with Crippen LogP contribution >= 0.6 is 0 Å². The maximum atomic E-state index is 16.0. The Labute approximate surface area is 298 Å². The number of aromatic nitrogens is 1. The minimum Gasteiger partial charge on any atom is -0.472 e. The highest BCUT2D eigenvalue weighted by molar-refractivity contribution is 6.99. The Morgan fingerprint density at radius 1 is 0.980 bits per heavy atom. The number of esters is 1. The molecule has 3 aromatic rings. The van der Waals surface area contributed by atoms with E-state index in [9.17, 15) is 4.79 Å². The number of alkyl halides is 1. The van der Waals surface area contributed by atoms with Crippen LogP contribution < -0.4 is 15.1 Å². The van der Waals surface area contributed by atoms with Gasteiger partial charge in [-0.05, 0) is 71.6 Å². The molecule has 0 amide bonds. The minimum absolute atomic E-state index is 0.0410. The predicted molar refractivity (Wildman–Crippen MR) is 196 cm³/mol. The summed E-state index contributed by atoms with van der Waals surface area (Å²) >= 11 is 0. The summed E-state index contributed by atoms with van der Waals surface area (Å²) < 4.78 is 39.6. The van der Waals surface area contributed by atoms with Gasteiger partial charge in [-0.15, -0.1) is 0 Å². The summed E-state index contributed by atoms with van der Waals surface area (Å²) in [5.41, 5.74) is -1.39. The average molecular weight is 706 g/mol. The Hall–Kier alpha value is -3.05. The molecule has 50 heavy (non-hydrogen) atoms. The van der Waals surface area contributed by atoms with Crippen LogP contribution in [0.15, 0.2) is 71.3 Å². The molecule has 3 aliphatic heterocycles. The number of carbonyl (C=O) groups is 1. The van der Waals surface area contributed by atoms with E-state index >= 15 is 4.39 Å². The fraction of sp³-hybridized carbons (Fsp3) is 0.600. The van der Waals surface area contributed by atoms with E-state index in [1.54, 1.807) is 6.07 Å². The smallest absolute Gasteiger partial charge is 0.316 e. The summed E-state index contributed by atoms with van der Waals surface area (Å²) in [6.07, 6.45) is 5.44. The Morgan fingerprint density at radius 2 is 1.62 bits per heavy atom. The number of piperidine rings is 1. The SMILES string of the molecule is COC(=O)C(c1cc(OCC2(F)CCN(C[C@@H]3CC[C@]4(CO[Si](c5ccccc5)(c5ccccc5)C(C)(C)C)CCCN34)CC2)no1)C(C)C. The van der Waals surface area contributed by atoms with Crippen molar-refractivity contribution in [1.82, 2.24) is 15.0 Å². The van der Waals surface area contributed by atoms with Gasteiger partial charge in [0.2, 0.25) is 0 Å². The minimum atomic E-state index is -2.63. The molecule has 0 radical (unpaired) electrons. The number of fused-ring (bicyclic) bond motifs is 1. The lowest BCUT2D eigenvalue weighted by atomic mass is 9.93. The van der Waals surface area contributed by atoms with Crippen LogP contribution in [0.1, 0.15) is 84.8 Å². The summed E-state index contributed by atoms with van der Waals surface area (Å²) in [5.74, 6) is -0.445. The van der Waals surface area contributed by atoms with Crippen molar-refractivity contribution in [3.05, 3.63) is 72.5 Å². The van der Waals surface area contributed by atoms with E-state index in [4.69, 9.17) is 18.4 Å². The van der Waals surface area contributed by atoms with Gasteiger partial charge in [0.25, 0.3) is 14.2 Å². The van der Waals surface area contributed by atoms with Crippen LogP contribution in [-0.2, 0) is 14.0 Å². The zero-order valence-corrected chi connectivity index (χ0v) is 31.8. The van der Waals surface area contributed by atoms with E-state index < -0.39 is 25.9 Å². The number of benzene rings is 2. The predicted octanol–water partition coefficient (Wildman–Crippen LogP) is 6.34. The second-order valence-electron chi connectivity index (χ2n) is 16.2. The van der Waals surface area contributed by atoms with Crippen LogP contribution in [0.2, 0.25) is 5.04 Å². The Bertz CT molecular complexity index is 1520. The monoisotopic (exact) mass is 705 g/mol. The van der Waals surface area contributed by atoms with Crippen LogP contribution in [0.4, 0.5) is 4.39 Å². The van der Waals surface area contributed by atoms with E-state index in [-0.39, 0.29) is 29.0 Å². The fourth-order valence-electron chi connectivity index (χ4n) is 8.92. The third kappa shape index (κ3) is 7.31. The molecule has 3 aliphatic rings. The summed E-state index contributed by atoms with van der Waals surface area (Å²) in [6.45, 7) is 15.0. The summed E-state index contributed by atoms with van der Waals surface area (Å²) in [7, 11) is -1.28. The lowest BCUT2D eigenvalue weighted by Gasteiger charge is -2.46. The lowest BCUT2D eigenvalue weighted by Crippen LogP contribution is -2.68. The Morgan fingerprint density at radius 3 is 2.20 bits per heavy atom. The summed E-state index contributed by atoms with van der Waals surface area (Å²) in [4.78, 5) is 17.4. The number of carbonyl (C=O) groups excluding carboxylic acids is 1. The molecule has 0 bridgehead atoms. The molecule has 6 rings (SSSR count). The first-order valence-corrected chi connectivity index (χ1v) is 20.4. The van der Waals surface area contributed by atoms with Crippen LogP contribution in [0.25, 0.3) is 0 Å². The van der Waals surface area contributed by atoms with Gasteiger partial charge < -0.3 is 23.3 Å². The van der Waals surface area contributed by atoms with Crippen LogP contribution in [0, 0.1) is 5.92 Å². The van der Waals surface area contributed by atoms with Crippen LogP contribution in [0.5, 0.6) is 5.88 Å². The molecule has 0 saturated carbocycles. The molecule has 8 nitrogen and oxygen atoms in total. The third-order valence-electron chi connectivity index (χ3n) is 11.6. The standard InChI is InChI=1S/C40H56FN3O5Si/c1-30(2)36(37(45)46-6)34-26-35(42-49-34)47-28-39(41)21-24-43(25-22-39)27-31-18-20-40(19-13-23-44(31)40)29-48-50(38(3,4)5,32-14-9-7-10-15-32)33-16-11-8-12-17-33/h7-12,14-17,26,30-31,36H,13,18-25,27-29H2,1-6H3/t31-,36?,40-/m0/s1. The molecule has 0 spiro atoms. The van der Waals surface area contributed by atoms with E-state index in [2.05, 4.69) is 96.4 Å². The quantitative estimate of drug-likeness (QED) is 0.151. The number of hydrogen-bond acceptors (Lipinski definition) is 8. The van der Waals surface area contributed by atoms with Crippen molar-refractivity contribution < 1.29 is 27.6 Å². The maximum Gasteiger partial charge on any atom is 0.316 e. The number of nitrogens with zero attached hydrogens (tertiary/aromatic N) is 3. The van der Waals surface area contributed by atoms with Gasteiger partial charge in [0.15, 0.2) is 5.76 Å². The van der Waals surface area contributed by atoms with Crippen molar-refractivity contribution in [3.63, 3.8) is 0 Å². The Balaban J connectivity index is 1.07. The highest BCUT2D eigenvalue weighted by Crippen LogP contribution is 2.45. The normalized spacial score (nSPS) is 23.6.